The number of benzene rings is 2. The van der Waals surface area contributed by atoms with Crippen molar-refractivity contribution >= 4 is 11.0 Å². The summed E-state index contributed by atoms with van der Waals surface area (Å²) >= 11 is 0. The van der Waals surface area contributed by atoms with E-state index in [4.69, 9.17) is 0 Å². The number of piperidine rings is 1. The lowest BCUT2D eigenvalue weighted by Crippen LogP contribution is -2.43. The van der Waals surface area contributed by atoms with Crippen molar-refractivity contribution in [1.82, 2.24) is 9.21 Å². The van der Waals surface area contributed by atoms with Crippen LogP contribution < -0.4 is 0 Å². The maximum absolute atomic E-state index is 13.4. The molecule has 5 nitrogen and oxygen atoms in total. The Labute approximate surface area is 150 Å². The highest BCUT2D eigenvalue weighted by Crippen LogP contribution is 2.39. The second-order valence-electron chi connectivity index (χ2n) is 6.88. The Balaban J connectivity index is 1.82. The van der Waals surface area contributed by atoms with Crippen molar-refractivity contribution in [2.75, 3.05) is 20.1 Å². The third-order valence-corrected chi connectivity index (χ3v) is 6.73. The minimum absolute atomic E-state index is 0.123. The van der Waals surface area contributed by atoms with Gasteiger partial charge in [0.05, 0.1) is 4.90 Å². The highest BCUT2D eigenvalue weighted by atomic mass is 32.2. The number of fused-ring (bicyclic) bond motifs is 3. The SMILES string of the molecule is CN1CCC(N2Cc3cc(O)ccc3-c3ccc(O)cc3S2=O)CC1. The topological polar surface area (TPSA) is 64.0 Å². The first-order valence-electron chi connectivity index (χ1n) is 8.55. The summed E-state index contributed by atoms with van der Waals surface area (Å²) in [5, 5.41) is 19.8. The van der Waals surface area contributed by atoms with Crippen molar-refractivity contribution in [2.45, 2.75) is 30.3 Å². The number of phenolic OH excluding ortho intramolecular Hbond substituents is 2. The van der Waals surface area contributed by atoms with E-state index in [1.807, 2.05) is 16.4 Å². The zero-order valence-corrected chi connectivity index (χ0v) is 15.0. The summed E-state index contributed by atoms with van der Waals surface area (Å²) < 4.78 is 15.4. The summed E-state index contributed by atoms with van der Waals surface area (Å²) in [7, 11) is 0.758. The molecule has 2 aliphatic heterocycles. The molecule has 2 aromatic rings. The lowest BCUT2D eigenvalue weighted by Gasteiger charge is -2.35. The van der Waals surface area contributed by atoms with Crippen LogP contribution in [0.3, 0.4) is 0 Å². The molecule has 0 bridgehead atoms. The Kier molecular flexibility index (Phi) is 4.27. The summed E-state index contributed by atoms with van der Waals surface area (Å²) in [4.78, 5) is 2.93. The van der Waals surface area contributed by atoms with Crippen molar-refractivity contribution < 1.29 is 14.4 Å². The van der Waals surface area contributed by atoms with Crippen LogP contribution in [0.15, 0.2) is 41.3 Å². The first-order chi connectivity index (χ1) is 12.0. The monoisotopic (exact) mass is 358 g/mol. The molecule has 1 fully saturated rings. The molecule has 0 radical (unpaired) electrons. The Morgan fingerprint density at radius 3 is 2.36 bits per heavy atom. The van der Waals surface area contributed by atoms with Crippen LogP contribution in [0.5, 0.6) is 11.5 Å². The molecule has 2 heterocycles. The largest absolute Gasteiger partial charge is 0.508 e. The Morgan fingerprint density at radius 2 is 1.64 bits per heavy atom. The van der Waals surface area contributed by atoms with Gasteiger partial charge in [0.1, 0.15) is 22.5 Å². The maximum atomic E-state index is 13.4. The number of rotatable bonds is 1. The normalized spacial score (nSPS) is 22.2. The van der Waals surface area contributed by atoms with Gasteiger partial charge in [0.25, 0.3) is 0 Å². The summed E-state index contributed by atoms with van der Waals surface area (Å²) in [6.07, 6.45) is 1.93. The highest BCUT2D eigenvalue weighted by molar-refractivity contribution is 7.82. The molecular formula is C19H22N2O3S. The lowest BCUT2D eigenvalue weighted by molar-refractivity contribution is 0.184. The molecule has 2 N–H and O–H groups in total. The minimum Gasteiger partial charge on any atom is -0.508 e. The number of phenols is 2. The van der Waals surface area contributed by atoms with Gasteiger partial charge in [-0.15, -0.1) is 0 Å². The molecule has 0 aliphatic carbocycles. The van der Waals surface area contributed by atoms with Crippen molar-refractivity contribution in [1.29, 1.82) is 0 Å². The van der Waals surface area contributed by atoms with Crippen LogP contribution in [0.1, 0.15) is 18.4 Å². The van der Waals surface area contributed by atoms with Crippen molar-refractivity contribution in [2.24, 2.45) is 0 Å². The second kappa shape index (κ2) is 6.44. The van der Waals surface area contributed by atoms with Crippen LogP contribution in [0.4, 0.5) is 0 Å². The van der Waals surface area contributed by atoms with Gasteiger partial charge in [0.15, 0.2) is 0 Å². The van der Waals surface area contributed by atoms with Crippen LogP contribution in [-0.2, 0) is 17.5 Å². The fourth-order valence-corrected chi connectivity index (χ4v) is 5.33. The molecule has 25 heavy (non-hydrogen) atoms. The van der Waals surface area contributed by atoms with E-state index < -0.39 is 11.0 Å². The molecule has 1 atom stereocenters. The summed E-state index contributed by atoms with van der Waals surface area (Å²) in [5.74, 6) is 0.341. The average Bonchev–Trinajstić information content (AvgIpc) is 2.71. The van der Waals surface area contributed by atoms with E-state index in [0.29, 0.717) is 11.4 Å². The molecule has 1 unspecified atom stereocenters. The fraction of sp³-hybridized carbons (Fsp3) is 0.368. The molecule has 2 aliphatic rings. The Morgan fingerprint density at radius 1 is 1.00 bits per heavy atom. The van der Waals surface area contributed by atoms with Gasteiger partial charge >= 0.3 is 0 Å². The fourth-order valence-electron chi connectivity index (χ4n) is 3.75. The predicted molar refractivity (Wildman–Crippen MR) is 97.7 cm³/mol. The number of aromatic hydroxyl groups is 2. The molecule has 0 saturated carbocycles. The van der Waals surface area contributed by atoms with E-state index in [2.05, 4.69) is 11.9 Å². The molecule has 132 valence electrons. The first-order valence-corrected chi connectivity index (χ1v) is 9.66. The quantitative estimate of drug-likeness (QED) is 0.823. The van der Waals surface area contributed by atoms with Gasteiger partial charge in [-0.25, -0.2) is 8.51 Å². The van der Waals surface area contributed by atoms with Gasteiger partial charge in [-0.3, -0.25) is 0 Å². The van der Waals surface area contributed by atoms with Gasteiger partial charge in [0, 0.05) is 12.6 Å². The minimum atomic E-state index is -1.35. The average molecular weight is 358 g/mol. The van der Waals surface area contributed by atoms with Crippen LogP contribution in [-0.4, -0.2) is 49.8 Å². The third kappa shape index (κ3) is 3.05. The molecule has 1 saturated heterocycles. The standard InChI is InChI=1S/C19H22N2O3S/c1-20-8-6-14(7-9-20)21-12-13-10-15(22)2-4-17(13)18-5-3-16(23)11-19(18)25(21)24/h2-5,10-11,14,22-23H,6-9,12H2,1H3. The van der Waals surface area contributed by atoms with E-state index in [1.165, 1.54) is 0 Å². The number of hydrogen-bond acceptors (Lipinski definition) is 4. The van der Waals surface area contributed by atoms with E-state index in [0.717, 1.165) is 42.6 Å². The van der Waals surface area contributed by atoms with Crippen LogP contribution in [0, 0.1) is 0 Å². The molecule has 4 rings (SSSR count). The Bertz CT molecular complexity index is 831. The van der Waals surface area contributed by atoms with Gasteiger partial charge in [-0.1, -0.05) is 6.07 Å². The summed E-state index contributed by atoms with van der Waals surface area (Å²) in [6, 6.07) is 10.6. The predicted octanol–water partition coefficient (Wildman–Crippen LogP) is 2.70. The molecule has 6 heteroatoms. The first kappa shape index (κ1) is 16.6. The second-order valence-corrected chi connectivity index (χ2v) is 8.29. The summed E-state index contributed by atoms with van der Waals surface area (Å²) in [5.41, 5.74) is 2.80. The molecule has 0 amide bonds. The van der Waals surface area contributed by atoms with E-state index in [9.17, 15) is 14.4 Å². The number of likely N-dealkylation sites (tertiary alicyclic amines) is 1. The van der Waals surface area contributed by atoms with Gasteiger partial charge in [-0.05, 0) is 80.0 Å². The summed E-state index contributed by atoms with van der Waals surface area (Å²) in [6.45, 7) is 2.50. The van der Waals surface area contributed by atoms with Gasteiger partial charge in [0.2, 0.25) is 0 Å². The molecule has 0 spiro atoms. The van der Waals surface area contributed by atoms with Crippen LogP contribution in [0.2, 0.25) is 0 Å². The number of hydrogen-bond donors (Lipinski definition) is 2. The van der Waals surface area contributed by atoms with Crippen molar-refractivity contribution in [3.63, 3.8) is 0 Å². The van der Waals surface area contributed by atoms with Crippen molar-refractivity contribution in [3.8, 4) is 22.6 Å². The smallest absolute Gasteiger partial charge is 0.128 e. The Hall–Kier alpha value is -1.89. The maximum Gasteiger partial charge on any atom is 0.128 e. The van der Waals surface area contributed by atoms with Crippen molar-refractivity contribution in [3.05, 3.63) is 42.0 Å². The zero-order chi connectivity index (χ0) is 17.6. The molecule has 0 aromatic heterocycles. The number of nitrogens with zero attached hydrogens (tertiary/aromatic N) is 2. The molecule has 2 aromatic carbocycles. The highest BCUT2D eigenvalue weighted by Gasteiger charge is 2.32. The third-order valence-electron chi connectivity index (χ3n) is 5.17. The molecular weight excluding hydrogens is 336 g/mol. The van der Waals surface area contributed by atoms with E-state index in [1.54, 1.807) is 24.3 Å². The van der Waals surface area contributed by atoms with E-state index >= 15 is 0 Å². The lowest BCUT2D eigenvalue weighted by atomic mass is 9.98. The zero-order valence-electron chi connectivity index (χ0n) is 14.2. The van der Waals surface area contributed by atoms with Gasteiger partial charge in [-0.2, -0.15) is 0 Å². The van der Waals surface area contributed by atoms with E-state index in [-0.39, 0.29) is 17.5 Å². The van der Waals surface area contributed by atoms with Gasteiger partial charge < -0.3 is 15.1 Å². The van der Waals surface area contributed by atoms with Crippen LogP contribution in [0.25, 0.3) is 11.1 Å². The van der Waals surface area contributed by atoms with Crippen LogP contribution >= 0.6 is 0 Å².